The lowest BCUT2D eigenvalue weighted by Crippen LogP contribution is -2.48. The van der Waals surface area contributed by atoms with Gasteiger partial charge in [-0.05, 0) is 25.0 Å². The number of para-hydroxylation sites is 2. The zero-order chi connectivity index (χ0) is 15.7. The number of fused-ring (bicyclic) bond motifs is 1. The molecule has 1 saturated heterocycles. The van der Waals surface area contributed by atoms with E-state index in [0.717, 1.165) is 16.9 Å². The van der Waals surface area contributed by atoms with Gasteiger partial charge >= 0.3 is 5.97 Å². The highest BCUT2D eigenvalue weighted by atomic mass is 16.5. The van der Waals surface area contributed by atoms with E-state index in [-0.39, 0.29) is 5.97 Å². The molecule has 118 valence electrons. The van der Waals surface area contributed by atoms with Crippen molar-refractivity contribution >= 4 is 17.0 Å². The molecule has 0 amide bonds. The Kier molecular flexibility index (Phi) is 4.13. The molecule has 0 spiro atoms. The summed E-state index contributed by atoms with van der Waals surface area (Å²) in [6.45, 7) is 1.22. The van der Waals surface area contributed by atoms with Crippen LogP contribution in [-0.2, 0) is 23.1 Å². The number of rotatable bonds is 3. The Morgan fingerprint density at radius 3 is 2.95 bits per heavy atom. The molecule has 0 aliphatic carbocycles. The van der Waals surface area contributed by atoms with Crippen LogP contribution in [0.5, 0.6) is 0 Å². The molecule has 1 aliphatic heterocycles. The molecule has 1 fully saturated rings. The van der Waals surface area contributed by atoms with Crippen molar-refractivity contribution < 1.29 is 14.6 Å². The van der Waals surface area contributed by atoms with E-state index in [9.17, 15) is 9.90 Å². The minimum absolute atomic E-state index is 0.294. The smallest absolute Gasteiger partial charge is 0.323 e. The number of piperidine rings is 1. The second kappa shape index (κ2) is 6.06. The Bertz CT molecular complexity index is 682. The fraction of sp³-hybridized carbons (Fsp3) is 0.500. The van der Waals surface area contributed by atoms with E-state index in [0.29, 0.717) is 25.9 Å². The lowest BCUT2D eigenvalue weighted by Gasteiger charge is -2.35. The number of aromatic nitrogens is 2. The summed E-state index contributed by atoms with van der Waals surface area (Å²) in [6.07, 6.45) is 0.634. The maximum Gasteiger partial charge on any atom is 0.323 e. The third kappa shape index (κ3) is 2.71. The number of aliphatic hydroxyl groups is 1. The van der Waals surface area contributed by atoms with Gasteiger partial charge in [-0.1, -0.05) is 12.1 Å². The number of hydrogen-bond acceptors (Lipinski definition) is 5. The van der Waals surface area contributed by atoms with Crippen molar-refractivity contribution in [3.63, 3.8) is 0 Å². The summed E-state index contributed by atoms with van der Waals surface area (Å²) in [5, 5.41) is 9.82. The van der Waals surface area contributed by atoms with Crippen molar-refractivity contribution in [3.8, 4) is 0 Å². The number of esters is 1. The Morgan fingerprint density at radius 2 is 2.23 bits per heavy atom. The third-order valence-corrected chi connectivity index (χ3v) is 4.38. The summed E-state index contributed by atoms with van der Waals surface area (Å²) in [5.41, 5.74) is 2.02. The topological polar surface area (TPSA) is 67.6 Å². The molecule has 0 radical (unpaired) electrons. The molecular weight excluding hydrogens is 282 g/mol. The minimum Gasteiger partial charge on any atom is -0.468 e. The normalized spacial score (nSPS) is 22.9. The van der Waals surface area contributed by atoms with Crippen LogP contribution in [0.1, 0.15) is 18.7 Å². The van der Waals surface area contributed by atoms with Crippen LogP contribution in [0.3, 0.4) is 0 Å². The average molecular weight is 303 g/mol. The molecule has 2 atom stereocenters. The van der Waals surface area contributed by atoms with Crippen LogP contribution in [0.15, 0.2) is 24.3 Å². The van der Waals surface area contributed by atoms with Gasteiger partial charge in [0.15, 0.2) is 0 Å². The third-order valence-electron chi connectivity index (χ3n) is 4.38. The van der Waals surface area contributed by atoms with E-state index in [1.165, 1.54) is 7.11 Å². The number of aryl methyl sites for hydroxylation is 1. The lowest BCUT2D eigenvalue weighted by molar-refractivity contribution is -0.150. The second-order valence-corrected chi connectivity index (χ2v) is 5.76. The first kappa shape index (κ1) is 15.0. The number of aliphatic hydroxyl groups excluding tert-OH is 1. The maximum absolute atomic E-state index is 12.0. The van der Waals surface area contributed by atoms with Gasteiger partial charge in [0.2, 0.25) is 0 Å². The van der Waals surface area contributed by atoms with Gasteiger partial charge < -0.3 is 14.4 Å². The molecule has 0 saturated carbocycles. The minimum atomic E-state index is -0.444. The maximum atomic E-state index is 12.0. The van der Waals surface area contributed by atoms with E-state index < -0.39 is 12.1 Å². The number of likely N-dealkylation sites (tertiary alicyclic amines) is 1. The molecule has 0 unspecified atom stereocenters. The zero-order valence-corrected chi connectivity index (χ0v) is 12.9. The molecule has 1 aromatic carbocycles. The van der Waals surface area contributed by atoms with E-state index >= 15 is 0 Å². The largest absolute Gasteiger partial charge is 0.468 e. The summed E-state index contributed by atoms with van der Waals surface area (Å²) in [6, 6.07) is 7.56. The van der Waals surface area contributed by atoms with Crippen molar-refractivity contribution in [3.05, 3.63) is 30.1 Å². The summed E-state index contributed by atoms with van der Waals surface area (Å²) in [7, 11) is 3.37. The summed E-state index contributed by atoms with van der Waals surface area (Å²) in [4.78, 5) is 18.7. The Balaban J connectivity index is 1.86. The number of imidazole rings is 1. The first-order valence-corrected chi connectivity index (χ1v) is 7.50. The Hall–Kier alpha value is -1.92. The van der Waals surface area contributed by atoms with Crippen LogP contribution >= 0.6 is 0 Å². The fourth-order valence-electron chi connectivity index (χ4n) is 3.08. The molecule has 1 N–H and O–H groups in total. The summed E-state index contributed by atoms with van der Waals surface area (Å²) in [5.74, 6) is 0.615. The molecule has 3 rings (SSSR count). The van der Waals surface area contributed by atoms with Crippen LogP contribution in [0.2, 0.25) is 0 Å². The van der Waals surface area contributed by atoms with Crippen LogP contribution in [0, 0.1) is 0 Å². The molecule has 1 aliphatic rings. The monoisotopic (exact) mass is 303 g/mol. The van der Waals surface area contributed by atoms with Crippen LogP contribution < -0.4 is 0 Å². The van der Waals surface area contributed by atoms with E-state index in [1.54, 1.807) is 0 Å². The quantitative estimate of drug-likeness (QED) is 0.859. The highest BCUT2D eigenvalue weighted by Crippen LogP contribution is 2.22. The van der Waals surface area contributed by atoms with Crippen LogP contribution in [0.4, 0.5) is 0 Å². The summed E-state index contributed by atoms with van der Waals surface area (Å²) < 4.78 is 6.93. The molecular formula is C16H21N3O3. The van der Waals surface area contributed by atoms with Gasteiger partial charge in [0.1, 0.15) is 11.9 Å². The SMILES string of the molecule is COC(=O)[C@@H]1C[C@H](O)CCN1Cc1nc2ccccc2n1C. The predicted molar refractivity (Wildman–Crippen MR) is 82.2 cm³/mol. The van der Waals surface area contributed by atoms with Crippen molar-refractivity contribution in [1.29, 1.82) is 0 Å². The first-order chi connectivity index (χ1) is 10.6. The Morgan fingerprint density at radius 1 is 1.45 bits per heavy atom. The Labute approximate surface area is 129 Å². The number of methoxy groups -OCH3 is 1. The van der Waals surface area contributed by atoms with Gasteiger partial charge in [0.25, 0.3) is 0 Å². The van der Waals surface area contributed by atoms with Gasteiger partial charge in [0, 0.05) is 13.6 Å². The fourth-order valence-corrected chi connectivity index (χ4v) is 3.08. The standard InChI is InChI=1S/C16H21N3O3/c1-18-13-6-4-3-5-12(13)17-15(18)10-19-8-7-11(20)9-14(19)16(21)22-2/h3-6,11,14,20H,7-10H2,1-2H3/t11-,14+/m1/s1. The number of hydrogen-bond donors (Lipinski definition) is 1. The van der Waals surface area contributed by atoms with E-state index in [1.807, 2.05) is 36.2 Å². The zero-order valence-electron chi connectivity index (χ0n) is 12.9. The second-order valence-electron chi connectivity index (χ2n) is 5.76. The van der Waals surface area contributed by atoms with Crippen molar-refractivity contribution in [2.45, 2.75) is 31.5 Å². The molecule has 0 bridgehead atoms. The highest BCUT2D eigenvalue weighted by molar-refractivity contribution is 5.76. The number of benzene rings is 1. The van der Waals surface area contributed by atoms with Crippen molar-refractivity contribution in [2.75, 3.05) is 13.7 Å². The average Bonchev–Trinajstić information content (AvgIpc) is 2.85. The number of carbonyl (C=O) groups excluding carboxylic acids is 1. The molecule has 6 heteroatoms. The van der Waals surface area contributed by atoms with Gasteiger partial charge in [-0.25, -0.2) is 4.98 Å². The number of nitrogens with zero attached hydrogens (tertiary/aromatic N) is 3. The van der Waals surface area contributed by atoms with Gasteiger partial charge in [-0.15, -0.1) is 0 Å². The number of carbonyl (C=O) groups is 1. The molecule has 22 heavy (non-hydrogen) atoms. The van der Waals surface area contributed by atoms with Crippen LogP contribution in [0.25, 0.3) is 11.0 Å². The molecule has 2 aromatic rings. The van der Waals surface area contributed by atoms with Crippen molar-refractivity contribution in [1.82, 2.24) is 14.5 Å². The van der Waals surface area contributed by atoms with Crippen molar-refractivity contribution in [2.24, 2.45) is 7.05 Å². The first-order valence-electron chi connectivity index (χ1n) is 7.50. The van der Waals surface area contributed by atoms with Gasteiger partial charge in [0.05, 0.1) is 30.8 Å². The van der Waals surface area contributed by atoms with Gasteiger partial charge in [-0.3, -0.25) is 9.69 Å². The van der Waals surface area contributed by atoms with E-state index in [2.05, 4.69) is 9.55 Å². The van der Waals surface area contributed by atoms with Crippen LogP contribution in [-0.4, -0.2) is 51.3 Å². The summed E-state index contributed by atoms with van der Waals surface area (Å²) >= 11 is 0. The lowest BCUT2D eigenvalue weighted by atomic mass is 9.99. The van der Waals surface area contributed by atoms with E-state index in [4.69, 9.17) is 4.74 Å². The highest BCUT2D eigenvalue weighted by Gasteiger charge is 2.34. The molecule has 6 nitrogen and oxygen atoms in total. The number of ether oxygens (including phenoxy) is 1. The van der Waals surface area contributed by atoms with Gasteiger partial charge in [-0.2, -0.15) is 0 Å². The predicted octanol–water partition coefficient (Wildman–Crippen LogP) is 1.07. The molecule has 1 aromatic heterocycles. The molecule has 2 heterocycles.